The lowest BCUT2D eigenvalue weighted by molar-refractivity contribution is 0.100. The molecule has 0 saturated heterocycles. The zero-order valence-electron chi connectivity index (χ0n) is 12.7. The molecule has 2 aromatic rings. The van der Waals surface area contributed by atoms with Crippen molar-refractivity contribution >= 4 is 25.0 Å². The number of aromatic nitrogens is 1. The lowest BCUT2D eigenvalue weighted by Gasteiger charge is -2.33. The highest BCUT2D eigenvalue weighted by atomic mass is 28.4. The normalized spacial score (nSPS) is 12.4. The minimum absolute atomic E-state index is 0.308. The Balaban J connectivity index is 2.44. The van der Waals surface area contributed by atoms with E-state index in [0.717, 1.165) is 16.5 Å². The number of hydrogen-bond donors (Lipinski definition) is 0. The van der Waals surface area contributed by atoms with Crippen LogP contribution in [0.25, 0.3) is 15.7 Å². The second kappa shape index (κ2) is 5.00. The minimum atomic E-state index is -1.61. The Morgan fingerprint density at radius 1 is 1.15 bits per heavy atom. The van der Waals surface area contributed by atoms with Crippen LogP contribution in [0.15, 0.2) is 30.3 Å². The molecule has 0 unspecified atom stereocenters. The Labute approximate surface area is 121 Å². The van der Waals surface area contributed by atoms with Gasteiger partial charge in [-0.1, -0.05) is 18.7 Å². The number of benzene rings is 1. The smallest absolute Gasteiger partial charge is 0.270 e. The van der Waals surface area contributed by atoms with E-state index in [1.54, 1.807) is 6.07 Å². The second-order valence-corrected chi connectivity index (χ2v) is 10.8. The van der Waals surface area contributed by atoms with Crippen molar-refractivity contribution in [2.75, 3.05) is 0 Å². The molecule has 0 fully saturated rings. The first-order valence-corrected chi connectivity index (χ1v) is 10.1. The molecule has 0 spiro atoms. The first-order valence-electron chi connectivity index (χ1n) is 6.70. The largest absolute Gasteiger partial charge is 0.409 e. The van der Waals surface area contributed by atoms with E-state index in [1.807, 2.05) is 18.2 Å². The van der Waals surface area contributed by atoms with Crippen LogP contribution in [0.1, 0.15) is 19.4 Å². The molecule has 20 heavy (non-hydrogen) atoms. The molecule has 0 aliphatic carbocycles. The lowest BCUT2D eigenvalue weighted by Crippen LogP contribution is -2.36. The Hall–Kier alpha value is -1.70. The van der Waals surface area contributed by atoms with Crippen LogP contribution in [-0.2, 0) is 10.0 Å². The highest BCUT2D eigenvalue weighted by Crippen LogP contribution is 2.31. The van der Waals surface area contributed by atoms with Gasteiger partial charge in [-0.05, 0) is 57.3 Å². The summed E-state index contributed by atoms with van der Waals surface area (Å²) in [6.45, 7) is 17.8. The van der Waals surface area contributed by atoms with Crippen molar-refractivity contribution in [2.24, 2.45) is 0 Å². The van der Waals surface area contributed by atoms with Crippen LogP contribution in [0, 0.1) is 6.57 Å². The zero-order chi connectivity index (χ0) is 15.0. The van der Waals surface area contributed by atoms with Gasteiger partial charge in [-0.15, -0.1) is 4.98 Å². The summed E-state index contributed by atoms with van der Waals surface area (Å²) >= 11 is 0. The van der Waals surface area contributed by atoms with Crippen LogP contribution in [0.4, 0.5) is 5.82 Å². The molecule has 0 atom stereocenters. The van der Waals surface area contributed by atoms with Gasteiger partial charge in [0.05, 0.1) is 5.60 Å². The van der Waals surface area contributed by atoms with Gasteiger partial charge in [-0.2, -0.15) is 0 Å². The van der Waals surface area contributed by atoms with Crippen LogP contribution in [0.5, 0.6) is 0 Å². The van der Waals surface area contributed by atoms with E-state index in [-0.39, 0.29) is 5.60 Å². The fourth-order valence-corrected chi connectivity index (χ4v) is 4.02. The van der Waals surface area contributed by atoms with E-state index in [0.29, 0.717) is 5.82 Å². The molecule has 104 valence electrons. The molecule has 4 heteroatoms. The molecule has 0 aliphatic rings. The molecule has 1 aromatic heterocycles. The van der Waals surface area contributed by atoms with Gasteiger partial charge in [0.2, 0.25) is 0 Å². The van der Waals surface area contributed by atoms with Gasteiger partial charge in [-0.3, -0.25) is 0 Å². The third-order valence-electron chi connectivity index (χ3n) is 3.05. The average Bonchev–Trinajstić information content (AvgIpc) is 2.34. The molecule has 0 radical (unpaired) electrons. The molecular formula is C16H20N2OSi. The average molecular weight is 284 g/mol. The number of fused-ring (bicyclic) bond motifs is 1. The highest BCUT2D eigenvalue weighted by molar-refractivity contribution is 6.69. The SMILES string of the molecule is [C-]#[N+]c1ccc2cc(C(C)(C)O[Si](C)(C)C)ccc2n1. The number of pyridine rings is 1. The maximum Gasteiger partial charge on any atom is 0.270 e. The van der Waals surface area contributed by atoms with E-state index >= 15 is 0 Å². The molecule has 0 saturated carbocycles. The summed E-state index contributed by atoms with van der Waals surface area (Å²) in [7, 11) is -1.61. The predicted molar refractivity (Wildman–Crippen MR) is 85.5 cm³/mol. The zero-order valence-corrected chi connectivity index (χ0v) is 13.7. The molecule has 0 N–H and O–H groups in total. The Kier molecular flexibility index (Phi) is 3.68. The van der Waals surface area contributed by atoms with Crippen LogP contribution < -0.4 is 0 Å². The maximum atomic E-state index is 7.01. The van der Waals surface area contributed by atoms with E-state index in [2.05, 4.69) is 49.4 Å². The fraction of sp³-hybridized carbons (Fsp3) is 0.375. The predicted octanol–water partition coefficient (Wildman–Crippen LogP) is 4.87. The topological polar surface area (TPSA) is 26.5 Å². The number of nitrogens with zero attached hydrogens (tertiary/aromatic N) is 2. The van der Waals surface area contributed by atoms with Crippen LogP contribution in [0.2, 0.25) is 19.6 Å². The van der Waals surface area contributed by atoms with E-state index in [9.17, 15) is 0 Å². The number of rotatable bonds is 3. The molecule has 1 aromatic carbocycles. The first-order chi connectivity index (χ1) is 9.21. The van der Waals surface area contributed by atoms with Gasteiger partial charge in [0.25, 0.3) is 5.82 Å². The van der Waals surface area contributed by atoms with Crippen molar-refractivity contribution in [3.05, 3.63) is 47.3 Å². The third kappa shape index (κ3) is 3.24. The molecule has 0 bridgehead atoms. The van der Waals surface area contributed by atoms with E-state index in [1.165, 1.54) is 0 Å². The second-order valence-electron chi connectivity index (χ2n) is 6.41. The monoisotopic (exact) mass is 284 g/mol. The quantitative estimate of drug-likeness (QED) is 0.593. The van der Waals surface area contributed by atoms with Crippen LogP contribution in [-0.4, -0.2) is 13.3 Å². The van der Waals surface area contributed by atoms with Gasteiger partial charge < -0.3 is 9.27 Å². The molecule has 1 heterocycles. The molecule has 0 amide bonds. The van der Waals surface area contributed by atoms with Crippen molar-refractivity contribution in [2.45, 2.75) is 39.1 Å². The van der Waals surface area contributed by atoms with Crippen molar-refractivity contribution < 1.29 is 4.43 Å². The lowest BCUT2D eigenvalue weighted by atomic mass is 9.97. The van der Waals surface area contributed by atoms with Crippen molar-refractivity contribution in [3.8, 4) is 0 Å². The molecule has 2 rings (SSSR count). The fourth-order valence-electron chi connectivity index (χ4n) is 2.38. The van der Waals surface area contributed by atoms with Gasteiger partial charge in [-0.25, -0.2) is 0 Å². The molecule has 0 aliphatic heterocycles. The van der Waals surface area contributed by atoms with Gasteiger partial charge >= 0.3 is 0 Å². The summed E-state index contributed by atoms with van der Waals surface area (Å²) in [6, 6.07) is 9.82. The van der Waals surface area contributed by atoms with Gasteiger partial charge in [0.15, 0.2) is 13.8 Å². The Morgan fingerprint density at radius 2 is 1.85 bits per heavy atom. The summed E-state index contributed by atoms with van der Waals surface area (Å²) < 4.78 is 6.27. The molecular weight excluding hydrogens is 264 g/mol. The third-order valence-corrected chi connectivity index (χ3v) is 4.17. The molecule has 3 nitrogen and oxygen atoms in total. The van der Waals surface area contributed by atoms with Crippen molar-refractivity contribution in [3.63, 3.8) is 0 Å². The van der Waals surface area contributed by atoms with E-state index < -0.39 is 8.32 Å². The first kappa shape index (κ1) is 14.7. The van der Waals surface area contributed by atoms with Gasteiger partial charge in [0.1, 0.15) is 0 Å². The Morgan fingerprint density at radius 3 is 2.45 bits per heavy atom. The van der Waals surface area contributed by atoms with Crippen molar-refractivity contribution in [1.29, 1.82) is 0 Å². The summed E-state index contributed by atoms with van der Waals surface area (Å²) in [6.07, 6.45) is 0. The van der Waals surface area contributed by atoms with Crippen LogP contribution >= 0.6 is 0 Å². The summed E-state index contributed by atoms with van der Waals surface area (Å²) in [5.74, 6) is 0.433. The highest BCUT2D eigenvalue weighted by Gasteiger charge is 2.29. The number of hydrogen-bond acceptors (Lipinski definition) is 2. The Bertz CT molecular complexity index is 681. The maximum absolute atomic E-state index is 7.01. The van der Waals surface area contributed by atoms with Gasteiger partial charge in [0, 0.05) is 5.39 Å². The standard InChI is InChI=1S/C16H20N2OSi/c1-16(2,19-20(4,5)6)13-8-9-14-12(11-13)7-10-15(17-3)18-14/h7-11H,1-2,4-6H3. The van der Waals surface area contributed by atoms with E-state index in [4.69, 9.17) is 11.0 Å². The van der Waals surface area contributed by atoms with Crippen LogP contribution in [0.3, 0.4) is 0 Å². The summed E-state index contributed by atoms with van der Waals surface area (Å²) in [5, 5.41) is 1.04. The summed E-state index contributed by atoms with van der Waals surface area (Å²) in [4.78, 5) is 7.67. The summed E-state index contributed by atoms with van der Waals surface area (Å²) in [5.41, 5.74) is 1.69. The van der Waals surface area contributed by atoms with Crippen molar-refractivity contribution in [1.82, 2.24) is 4.98 Å². The minimum Gasteiger partial charge on any atom is -0.409 e.